The molecule has 0 aliphatic rings. The Bertz CT molecular complexity index is 713. The van der Waals surface area contributed by atoms with Gasteiger partial charge in [-0.2, -0.15) is 0 Å². The summed E-state index contributed by atoms with van der Waals surface area (Å²) >= 11 is 1.44. The minimum absolute atomic E-state index is 0.0898. The zero-order chi connectivity index (χ0) is 14.8. The topological polar surface area (TPSA) is 84.6 Å². The van der Waals surface area contributed by atoms with E-state index in [9.17, 15) is 13.2 Å². The van der Waals surface area contributed by atoms with Crippen LogP contribution in [0, 0.1) is 0 Å². The number of carboxylic acids is 1. The lowest BCUT2D eigenvalue weighted by atomic mass is 10.4. The van der Waals surface area contributed by atoms with Gasteiger partial charge in [-0.15, -0.1) is 11.8 Å². The highest BCUT2D eigenvalue weighted by Crippen LogP contribution is 2.25. The Morgan fingerprint density at radius 3 is 2.35 bits per heavy atom. The van der Waals surface area contributed by atoms with Gasteiger partial charge in [0.25, 0.3) is 0 Å². The van der Waals surface area contributed by atoms with Crippen LogP contribution >= 0.6 is 11.8 Å². The smallest absolute Gasteiger partial charge is 0.371 e. The molecular formula is C13H12O5S2. The number of benzene rings is 1. The molecule has 0 unspecified atom stereocenters. The van der Waals surface area contributed by atoms with Crippen molar-refractivity contribution in [3.63, 3.8) is 0 Å². The van der Waals surface area contributed by atoms with Crippen LogP contribution in [0.3, 0.4) is 0 Å². The molecule has 0 saturated heterocycles. The second-order valence-electron chi connectivity index (χ2n) is 4.10. The number of furan rings is 1. The summed E-state index contributed by atoms with van der Waals surface area (Å²) in [7, 11) is -3.19. The minimum atomic E-state index is -3.19. The van der Waals surface area contributed by atoms with Gasteiger partial charge in [0.15, 0.2) is 9.84 Å². The fourth-order valence-corrected chi connectivity index (χ4v) is 2.93. The second kappa shape index (κ2) is 5.72. The fourth-order valence-electron chi connectivity index (χ4n) is 1.51. The molecule has 20 heavy (non-hydrogen) atoms. The molecule has 0 amide bonds. The molecule has 0 spiro atoms. The number of aromatic carboxylic acids is 1. The highest BCUT2D eigenvalue weighted by molar-refractivity contribution is 7.98. The first-order valence-electron chi connectivity index (χ1n) is 5.61. The molecule has 0 radical (unpaired) electrons. The number of hydrogen-bond donors (Lipinski definition) is 1. The largest absolute Gasteiger partial charge is 0.475 e. The molecular weight excluding hydrogens is 300 g/mol. The van der Waals surface area contributed by atoms with Crippen LogP contribution < -0.4 is 0 Å². The summed E-state index contributed by atoms with van der Waals surface area (Å²) < 4.78 is 27.8. The van der Waals surface area contributed by atoms with E-state index in [-0.39, 0.29) is 10.7 Å². The van der Waals surface area contributed by atoms with Crippen molar-refractivity contribution in [2.24, 2.45) is 0 Å². The third kappa shape index (κ3) is 3.64. The van der Waals surface area contributed by atoms with Crippen LogP contribution in [0.5, 0.6) is 0 Å². The zero-order valence-electron chi connectivity index (χ0n) is 10.6. The number of carbonyl (C=O) groups is 1. The Kier molecular flexibility index (Phi) is 4.20. The summed E-state index contributed by atoms with van der Waals surface area (Å²) in [6, 6.07) is 9.53. The number of sulfone groups is 1. The van der Waals surface area contributed by atoms with Gasteiger partial charge in [-0.1, -0.05) is 0 Å². The molecule has 0 aliphatic heterocycles. The third-order valence-electron chi connectivity index (χ3n) is 2.51. The first kappa shape index (κ1) is 14.7. The summed E-state index contributed by atoms with van der Waals surface area (Å²) in [5.41, 5.74) is 0. The average Bonchev–Trinajstić information content (AvgIpc) is 2.85. The summed E-state index contributed by atoms with van der Waals surface area (Å²) in [4.78, 5) is 11.8. The van der Waals surface area contributed by atoms with Gasteiger partial charge in [-0.3, -0.25) is 0 Å². The SMILES string of the molecule is CS(=O)(=O)c1ccc(SCc2ccc(C(=O)O)o2)cc1. The fraction of sp³-hybridized carbons (Fsp3) is 0.154. The highest BCUT2D eigenvalue weighted by atomic mass is 32.2. The van der Waals surface area contributed by atoms with Gasteiger partial charge >= 0.3 is 5.97 Å². The van der Waals surface area contributed by atoms with E-state index in [1.54, 1.807) is 30.3 Å². The summed E-state index contributed by atoms with van der Waals surface area (Å²) in [6.45, 7) is 0. The molecule has 2 rings (SSSR count). The van der Waals surface area contributed by atoms with E-state index in [1.165, 1.54) is 17.8 Å². The Hall–Kier alpha value is -1.73. The van der Waals surface area contributed by atoms with Crippen molar-refractivity contribution in [1.82, 2.24) is 0 Å². The standard InChI is InChI=1S/C13H12O5S2/c1-20(16,17)11-5-3-10(4-6-11)19-8-9-2-7-12(18-9)13(14)15/h2-7H,8H2,1H3,(H,14,15). The lowest BCUT2D eigenvalue weighted by Gasteiger charge is -2.01. The normalized spacial score (nSPS) is 11.4. The number of carboxylic acid groups (broad SMARTS) is 1. The van der Waals surface area contributed by atoms with Crippen molar-refractivity contribution >= 4 is 27.6 Å². The van der Waals surface area contributed by atoms with E-state index in [4.69, 9.17) is 9.52 Å². The van der Waals surface area contributed by atoms with E-state index < -0.39 is 15.8 Å². The number of hydrogen-bond acceptors (Lipinski definition) is 5. The van der Waals surface area contributed by atoms with Crippen LogP contribution in [0.25, 0.3) is 0 Å². The number of rotatable bonds is 5. The maximum absolute atomic E-state index is 11.3. The Labute approximate surface area is 120 Å². The van der Waals surface area contributed by atoms with Crippen molar-refractivity contribution in [3.8, 4) is 0 Å². The molecule has 0 bridgehead atoms. The predicted molar refractivity (Wildman–Crippen MR) is 74.8 cm³/mol. The molecule has 7 heteroatoms. The molecule has 0 atom stereocenters. The van der Waals surface area contributed by atoms with E-state index in [0.717, 1.165) is 11.2 Å². The Morgan fingerprint density at radius 1 is 1.20 bits per heavy atom. The molecule has 1 N–H and O–H groups in total. The second-order valence-corrected chi connectivity index (χ2v) is 7.17. The lowest BCUT2D eigenvalue weighted by Crippen LogP contribution is -1.95. The molecule has 5 nitrogen and oxygen atoms in total. The van der Waals surface area contributed by atoms with Gasteiger partial charge in [-0.05, 0) is 36.4 Å². The third-order valence-corrected chi connectivity index (χ3v) is 4.67. The summed E-state index contributed by atoms with van der Waals surface area (Å²) in [5, 5.41) is 8.73. The van der Waals surface area contributed by atoms with Gasteiger partial charge < -0.3 is 9.52 Å². The Morgan fingerprint density at radius 2 is 1.85 bits per heavy atom. The molecule has 2 aromatic rings. The minimum Gasteiger partial charge on any atom is -0.475 e. The van der Waals surface area contributed by atoms with Crippen LogP contribution in [0.2, 0.25) is 0 Å². The van der Waals surface area contributed by atoms with Gasteiger partial charge in [0.1, 0.15) is 5.76 Å². The predicted octanol–water partition coefficient (Wildman–Crippen LogP) is 2.67. The quantitative estimate of drug-likeness (QED) is 0.854. The molecule has 0 aliphatic carbocycles. The van der Waals surface area contributed by atoms with Gasteiger partial charge in [0, 0.05) is 11.2 Å². The van der Waals surface area contributed by atoms with Crippen LogP contribution in [0.4, 0.5) is 0 Å². The van der Waals surface area contributed by atoms with Crippen molar-refractivity contribution in [3.05, 3.63) is 47.9 Å². The zero-order valence-corrected chi connectivity index (χ0v) is 12.2. The first-order chi connectivity index (χ1) is 9.36. The van der Waals surface area contributed by atoms with Gasteiger partial charge in [0.05, 0.1) is 10.6 Å². The van der Waals surface area contributed by atoms with E-state index in [1.807, 2.05) is 0 Å². The maximum atomic E-state index is 11.3. The van der Waals surface area contributed by atoms with E-state index >= 15 is 0 Å². The molecule has 1 aromatic heterocycles. The number of thioether (sulfide) groups is 1. The lowest BCUT2D eigenvalue weighted by molar-refractivity contribution is 0.0661. The highest BCUT2D eigenvalue weighted by Gasteiger charge is 2.10. The van der Waals surface area contributed by atoms with Crippen LogP contribution in [-0.4, -0.2) is 25.7 Å². The van der Waals surface area contributed by atoms with Crippen molar-refractivity contribution in [1.29, 1.82) is 0 Å². The average molecular weight is 312 g/mol. The summed E-state index contributed by atoms with van der Waals surface area (Å²) in [6.07, 6.45) is 1.16. The van der Waals surface area contributed by atoms with E-state index in [2.05, 4.69) is 0 Å². The van der Waals surface area contributed by atoms with Crippen LogP contribution in [0.1, 0.15) is 16.3 Å². The van der Waals surface area contributed by atoms with Crippen molar-refractivity contribution < 1.29 is 22.7 Å². The molecule has 1 aromatic carbocycles. The maximum Gasteiger partial charge on any atom is 0.371 e. The van der Waals surface area contributed by atoms with E-state index in [0.29, 0.717) is 11.5 Å². The summed E-state index contributed by atoms with van der Waals surface area (Å²) in [5.74, 6) is -0.155. The Balaban J connectivity index is 2.02. The monoisotopic (exact) mass is 312 g/mol. The van der Waals surface area contributed by atoms with Gasteiger partial charge in [-0.25, -0.2) is 13.2 Å². The molecule has 0 saturated carbocycles. The molecule has 106 valence electrons. The molecule has 0 fully saturated rings. The first-order valence-corrected chi connectivity index (χ1v) is 8.49. The van der Waals surface area contributed by atoms with Crippen LogP contribution in [-0.2, 0) is 15.6 Å². The molecule has 1 heterocycles. The van der Waals surface area contributed by atoms with Gasteiger partial charge in [0.2, 0.25) is 5.76 Å². The van der Waals surface area contributed by atoms with Crippen molar-refractivity contribution in [2.45, 2.75) is 15.5 Å². The van der Waals surface area contributed by atoms with Crippen LogP contribution in [0.15, 0.2) is 50.6 Å². The van der Waals surface area contributed by atoms with Crippen molar-refractivity contribution in [2.75, 3.05) is 6.26 Å².